The van der Waals surface area contributed by atoms with Crippen LogP contribution >= 0.6 is 69.6 Å². The van der Waals surface area contributed by atoms with Crippen molar-refractivity contribution in [2.24, 2.45) is 14.1 Å². The van der Waals surface area contributed by atoms with Gasteiger partial charge in [-0.05, 0) is 18.2 Å². The van der Waals surface area contributed by atoms with Crippen molar-refractivity contribution in [1.29, 1.82) is 0 Å². The summed E-state index contributed by atoms with van der Waals surface area (Å²) in [5.74, 6) is 0. The van der Waals surface area contributed by atoms with Crippen LogP contribution in [-0.4, -0.2) is 29.5 Å². The van der Waals surface area contributed by atoms with Crippen LogP contribution in [0, 0.1) is 0 Å². The van der Waals surface area contributed by atoms with Crippen molar-refractivity contribution in [1.82, 2.24) is 29.5 Å². The largest absolute Gasteiger partial charge is 0.434 e. The normalized spacial score (nSPS) is 11.9. The lowest BCUT2D eigenvalue weighted by Gasteiger charge is -2.06. The quantitative estimate of drug-likeness (QED) is 0.159. The standard InChI is InChI=1S/2C10H5Cl3F3N3/c1-19-9(10(14,15)16)7(13)8(18-19)6-2-4(11)5(12)3-17-6;1-19-8(10(14,15)16)6(12)7(18-19)5-3-2-4(11)9(13)17-5/h2*2-3H,1H3. The maximum absolute atomic E-state index is 12.8. The highest BCUT2D eigenvalue weighted by Crippen LogP contribution is 2.41. The van der Waals surface area contributed by atoms with Gasteiger partial charge in [0, 0.05) is 20.3 Å². The third kappa shape index (κ3) is 6.43. The Morgan fingerprint density at radius 1 is 0.658 bits per heavy atom. The first-order valence-electron chi connectivity index (χ1n) is 9.66. The first-order valence-corrected chi connectivity index (χ1v) is 11.9. The number of hydrogen-bond acceptors (Lipinski definition) is 4. The predicted molar refractivity (Wildman–Crippen MR) is 133 cm³/mol. The van der Waals surface area contributed by atoms with E-state index in [2.05, 4.69) is 20.2 Å². The van der Waals surface area contributed by atoms with Crippen molar-refractivity contribution in [3.05, 3.63) is 66.1 Å². The van der Waals surface area contributed by atoms with Crippen LogP contribution in [0.1, 0.15) is 11.4 Å². The van der Waals surface area contributed by atoms with Crippen LogP contribution in [-0.2, 0) is 26.4 Å². The maximum atomic E-state index is 12.8. The molecule has 0 radical (unpaired) electrons. The molecule has 0 amide bonds. The van der Waals surface area contributed by atoms with Crippen molar-refractivity contribution in [2.75, 3.05) is 0 Å². The smallest absolute Gasteiger partial charge is 0.261 e. The molecule has 0 aliphatic heterocycles. The Morgan fingerprint density at radius 3 is 1.53 bits per heavy atom. The second-order valence-corrected chi connectivity index (χ2v) is 9.55. The number of hydrogen-bond donors (Lipinski definition) is 0. The van der Waals surface area contributed by atoms with Gasteiger partial charge >= 0.3 is 12.4 Å². The molecule has 0 saturated heterocycles. The van der Waals surface area contributed by atoms with E-state index in [0.717, 1.165) is 14.1 Å². The third-order valence-corrected chi connectivity index (χ3v) is 6.73. The minimum Gasteiger partial charge on any atom is -0.261 e. The van der Waals surface area contributed by atoms with E-state index in [1.54, 1.807) is 0 Å². The van der Waals surface area contributed by atoms with E-state index in [1.807, 2.05) is 0 Å². The molecule has 0 atom stereocenters. The highest BCUT2D eigenvalue weighted by Gasteiger charge is 2.40. The minimum absolute atomic E-state index is 0.0329. The summed E-state index contributed by atoms with van der Waals surface area (Å²) in [6.45, 7) is 0. The zero-order chi connectivity index (χ0) is 28.7. The van der Waals surface area contributed by atoms with Gasteiger partial charge in [-0.3, -0.25) is 14.3 Å². The van der Waals surface area contributed by atoms with Gasteiger partial charge in [0.2, 0.25) is 0 Å². The van der Waals surface area contributed by atoms with Crippen LogP contribution < -0.4 is 0 Å². The summed E-state index contributed by atoms with van der Waals surface area (Å²) >= 11 is 34.3. The molecule has 0 aliphatic rings. The first kappa shape index (κ1) is 30.6. The molecular formula is C20H10Cl6F6N6. The van der Waals surface area contributed by atoms with E-state index in [4.69, 9.17) is 69.6 Å². The summed E-state index contributed by atoms with van der Waals surface area (Å²) in [6, 6.07) is 4.10. The van der Waals surface area contributed by atoms with Crippen LogP contribution in [0.2, 0.25) is 30.3 Å². The average Bonchev–Trinajstić information content (AvgIpc) is 3.26. The second-order valence-electron chi connectivity index (χ2n) is 7.22. The molecule has 0 aliphatic carbocycles. The van der Waals surface area contributed by atoms with Crippen LogP contribution in [0.5, 0.6) is 0 Å². The zero-order valence-corrected chi connectivity index (χ0v) is 23.1. The predicted octanol–water partition coefficient (Wildman–Crippen LogP) is 8.92. The highest BCUT2D eigenvalue weighted by atomic mass is 35.5. The van der Waals surface area contributed by atoms with Gasteiger partial charge in [-0.15, -0.1) is 0 Å². The summed E-state index contributed by atoms with van der Waals surface area (Å²) in [5, 5.41) is 6.88. The van der Waals surface area contributed by atoms with Crippen LogP contribution in [0.15, 0.2) is 24.4 Å². The summed E-state index contributed by atoms with van der Waals surface area (Å²) < 4.78 is 77.9. The zero-order valence-electron chi connectivity index (χ0n) is 18.5. The van der Waals surface area contributed by atoms with Gasteiger partial charge in [0.1, 0.15) is 26.6 Å². The van der Waals surface area contributed by atoms with Crippen LogP contribution in [0.25, 0.3) is 22.8 Å². The van der Waals surface area contributed by atoms with Gasteiger partial charge in [0.25, 0.3) is 0 Å². The molecule has 4 aromatic heterocycles. The fourth-order valence-corrected chi connectivity index (χ4v) is 4.28. The van der Waals surface area contributed by atoms with Gasteiger partial charge in [-0.2, -0.15) is 36.5 Å². The van der Waals surface area contributed by atoms with Crippen LogP contribution in [0.3, 0.4) is 0 Å². The highest BCUT2D eigenvalue weighted by molar-refractivity contribution is 6.42. The number of halogens is 12. The van der Waals surface area contributed by atoms with E-state index >= 15 is 0 Å². The number of aromatic nitrogens is 6. The molecule has 0 unspecified atom stereocenters. The summed E-state index contributed by atoms with van der Waals surface area (Å²) in [5.41, 5.74) is -2.06. The monoisotopic (exact) mass is 658 g/mol. The van der Waals surface area contributed by atoms with Crippen molar-refractivity contribution >= 4 is 69.6 Å². The molecule has 0 spiro atoms. The van der Waals surface area contributed by atoms with Gasteiger partial charge < -0.3 is 0 Å². The third-order valence-electron chi connectivity index (χ3n) is 4.61. The first-order chi connectivity index (χ1) is 17.4. The molecule has 0 saturated carbocycles. The topological polar surface area (TPSA) is 61.4 Å². The summed E-state index contributed by atoms with van der Waals surface area (Å²) in [4.78, 5) is 7.71. The second kappa shape index (κ2) is 11.3. The Labute approximate surface area is 240 Å². The summed E-state index contributed by atoms with van der Waals surface area (Å²) in [6.07, 6.45) is -7.99. The van der Waals surface area contributed by atoms with E-state index in [-0.39, 0.29) is 43.0 Å². The summed E-state index contributed by atoms with van der Waals surface area (Å²) in [7, 11) is 2.30. The van der Waals surface area contributed by atoms with Crippen molar-refractivity contribution < 1.29 is 26.3 Å². The molecule has 0 bridgehead atoms. The molecule has 0 fully saturated rings. The lowest BCUT2D eigenvalue weighted by atomic mass is 10.2. The van der Waals surface area contributed by atoms with Crippen LogP contribution in [0.4, 0.5) is 26.3 Å². The molecule has 18 heteroatoms. The van der Waals surface area contributed by atoms with E-state index in [1.165, 1.54) is 24.4 Å². The molecule has 38 heavy (non-hydrogen) atoms. The molecule has 0 aromatic carbocycles. The van der Waals surface area contributed by atoms with E-state index in [0.29, 0.717) is 9.36 Å². The number of aryl methyl sites for hydroxylation is 2. The van der Waals surface area contributed by atoms with E-state index in [9.17, 15) is 26.3 Å². The lowest BCUT2D eigenvalue weighted by Crippen LogP contribution is -2.12. The average molecular weight is 661 g/mol. The molecule has 204 valence electrons. The number of nitrogens with zero attached hydrogens (tertiary/aromatic N) is 6. The molecule has 4 heterocycles. The molecule has 4 aromatic rings. The van der Waals surface area contributed by atoms with Gasteiger partial charge in [-0.25, -0.2) is 4.98 Å². The Kier molecular flexibility index (Phi) is 9.06. The Morgan fingerprint density at radius 2 is 1.13 bits per heavy atom. The van der Waals surface area contributed by atoms with Gasteiger partial charge in [-0.1, -0.05) is 69.6 Å². The van der Waals surface area contributed by atoms with Crippen molar-refractivity contribution in [3.8, 4) is 22.8 Å². The van der Waals surface area contributed by atoms with Gasteiger partial charge in [0.15, 0.2) is 11.4 Å². The SMILES string of the molecule is Cn1nc(-c2cc(Cl)c(Cl)cn2)c(Cl)c1C(F)(F)F.Cn1nc(-c2ccc(Cl)c(Cl)n2)c(Cl)c1C(F)(F)F. The lowest BCUT2D eigenvalue weighted by molar-refractivity contribution is -0.144. The van der Waals surface area contributed by atoms with Crippen molar-refractivity contribution in [3.63, 3.8) is 0 Å². The molecular weight excluding hydrogens is 651 g/mol. The number of rotatable bonds is 2. The maximum Gasteiger partial charge on any atom is 0.434 e. The molecule has 0 N–H and O–H groups in total. The number of pyridine rings is 2. The Hall–Kier alpha value is -1.96. The van der Waals surface area contributed by atoms with E-state index < -0.39 is 33.8 Å². The van der Waals surface area contributed by atoms with Crippen molar-refractivity contribution in [2.45, 2.75) is 12.4 Å². The van der Waals surface area contributed by atoms with Gasteiger partial charge in [0.05, 0.1) is 26.5 Å². The molecule has 6 nitrogen and oxygen atoms in total. The Balaban J connectivity index is 0.000000211. The minimum atomic E-state index is -4.60. The number of alkyl halides is 6. The Bertz CT molecular complexity index is 1390. The fourth-order valence-electron chi connectivity index (χ4n) is 3.03. The fraction of sp³-hybridized carbons (Fsp3) is 0.200. The molecule has 4 rings (SSSR count).